The van der Waals surface area contributed by atoms with Crippen LogP contribution in [0.3, 0.4) is 0 Å². The van der Waals surface area contributed by atoms with Crippen molar-refractivity contribution in [3.05, 3.63) is 65.7 Å². The first-order chi connectivity index (χ1) is 12.7. The average Bonchev–Trinajstić information content (AvgIpc) is 2.66. The molecule has 0 heterocycles. The molecule has 2 aromatic rings. The fourth-order valence-corrected chi connectivity index (χ4v) is 3.80. The Kier molecular flexibility index (Phi) is 6.67. The van der Waals surface area contributed by atoms with Gasteiger partial charge in [-0.05, 0) is 43.4 Å². The average molecular weight is 355 g/mol. The highest BCUT2D eigenvalue weighted by molar-refractivity contribution is 5.32. The van der Waals surface area contributed by atoms with Crippen LogP contribution in [0.1, 0.15) is 30.4 Å². The highest BCUT2D eigenvalue weighted by Crippen LogP contribution is 2.29. The van der Waals surface area contributed by atoms with Crippen molar-refractivity contribution in [2.24, 2.45) is 0 Å². The van der Waals surface area contributed by atoms with E-state index in [0.717, 1.165) is 37.1 Å². The largest absolute Gasteiger partial charge is 0.487 e. The predicted octanol–water partition coefficient (Wildman–Crippen LogP) is 3.15. The van der Waals surface area contributed by atoms with Gasteiger partial charge in [0.15, 0.2) is 0 Å². The lowest BCUT2D eigenvalue weighted by Crippen LogP contribution is -2.53. The highest BCUT2D eigenvalue weighted by atomic mass is 16.5. The van der Waals surface area contributed by atoms with Gasteiger partial charge in [-0.3, -0.25) is 4.90 Å². The van der Waals surface area contributed by atoms with Crippen LogP contribution in [0.4, 0.5) is 0 Å². The molecule has 1 fully saturated rings. The van der Waals surface area contributed by atoms with E-state index in [1.807, 2.05) is 49.4 Å². The van der Waals surface area contributed by atoms with Gasteiger partial charge in [0.05, 0.1) is 6.61 Å². The molecule has 4 heteroatoms. The Morgan fingerprint density at radius 3 is 2.50 bits per heavy atom. The molecular weight excluding hydrogens is 326 g/mol. The molecule has 0 saturated heterocycles. The summed E-state index contributed by atoms with van der Waals surface area (Å²) in [6.45, 7) is 3.38. The predicted molar refractivity (Wildman–Crippen MR) is 103 cm³/mol. The Bertz CT molecular complexity index is 676. The number of aryl methyl sites for hydroxylation is 1. The third-order valence-electron chi connectivity index (χ3n) is 5.22. The number of aliphatic hydroxyl groups is 2. The fraction of sp³-hybridized carbons (Fsp3) is 0.455. The van der Waals surface area contributed by atoms with E-state index in [4.69, 9.17) is 4.74 Å². The molecule has 4 nitrogen and oxygen atoms in total. The summed E-state index contributed by atoms with van der Waals surface area (Å²) >= 11 is 0. The lowest BCUT2D eigenvalue weighted by Gasteiger charge is -2.41. The van der Waals surface area contributed by atoms with Crippen molar-refractivity contribution in [3.8, 4) is 5.75 Å². The van der Waals surface area contributed by atoms with Gasteiger partial charge in [-0.2, -0.15) is 0 Å². The van der Waals surface area contributed by atoms with E-state index >= 15 is 0 Å². The molecule has 1 saturated carbocycles. The van der Waals surface area contributed by atoms with E-state index in [2.05, 4.69) is 17.0 Å². The number of hydrogen-bond donors (Lipinski definition) is 2. The summed E-state index contributed by atoms with van der Waals surface area (Å²) in [6, 6.07) is 18.1. The summed E-state index contributed by atoms with van der Waals surface area (Å²) in [6.07, 6.45) is 1.99. The zero-order chi connectivity index (χ0) is 18.4. The minimum atomic E-state index is -0.571. The Morgan fingerprint density at radius 1 is 1.04 bits per heavy atom. The minimum Gasteiger partial charge on any atom is -0.487 e. The summed E-state index contributed by atoms with van der Waals surface area (Å²) < 4.78 is 6.17. The second kappa shape index (κ2) is 9.17. The number of ether oxygens (including phenoxy) is 1. The first-order valence-corrected chi connectivity index (χ1v) is 9.48. The van der Waals surface area contributed by atoms with Gasteiger partial charge in [0.25, 0.3) is 0 Å². The molecule has 0 unspecified atom stereocenters. The van der Waals surface area contributed by atoms with Crippen molar-refractivity contribution in [1.29, 1.82) is 0 Å². The normalized spacial score (nSPS) is 23.2. The molecule has 3 rings (SSSR count). The molecule has 0 spiro atoms. The number of hydrogen-bond acceptors (Lipinski definition) is 4. The molecule has 1 aliphatic carbocycles. The van der Waals surface area contributed by atoms with Crippen LogP contribution in [0.15, 0.2) is 54.6 Å². The summed E-state index contributed by atoms with van der Waals surface area (Å²) in [5.74, 6) is 0.842. The molecule has 0 aromatic heterocycles. The standard InChI is InChI=1S/C22H29NO3/c1-17-8-5-6-12-20(17)26-21-13-7-11-19(22(21)25)23(14-15-24)16-18-9-3-2-4-10-18/h2-6,8-10,12,19,21-22,24-25H,7,11,13-16H2,1H3/t19-,21+,22+/m0/s1. The number of nitrogens with zero attached hydrogens (tertiary/aromatic N) is 1. The molecule has 0 aliphatic heterocycles. The van der Waals surface area contributed by atoms with E-state index < -0.39 is 6.10 Å². The molecule has 1 aliphatic rings. The summed E-state index contributed by atoms with van der Waals surface area (Å²) in [5.41, 5.74) is 2.27. The molecule has 2 N–H and O–H groups in total. The number of benzene rings is 2. The smallest absolute Gasteiger partial charge is 0.126 e. The van der Waals surface area contributed by atoms with Crippen LogP contribution >= 0.6 is 0 Å². The Labute approximate surface area is 156 Å². The highest BCUT2D eigenvalue weighted by Gasteiger charge is 2.36. The molecule has 140 valence electrons. The lowest BCUT2D eigenvalue weighted by atomic mass is 9.88. The molecule has 2 aromatic carbocycles. The first-order valence-electron chi connectivity index (χ1n) is 9.48. The molecule has 0 bridgehead atoms. The van der Waals surface area contributed by atoms with Crippen LogP contribution in [0.5, 0.6) is 5.75 Å². The Hall–Kier alpha value is -1.88. The van der Waals surface area contributed by atoms with E-state index in [9.17, 15) is 10.2 Å². The van der Waals surface area contributed by atoms with E-state index in [1.54, 1.807) is 0 Å². The zero-order valence-corrected chi connectivity index (χ0v) is 15.4. The van der Waals surface area contributed by atoms with Gasteiger partial charge in [-0.15, -0.1) is 0 Å². The third-order valence-corrected chi connectivity index (χ3v) is 5.22. The Morgan fingerprint density at radius 2 is 1.77 bits per heavy atom. The van der Waals surface area contributed by atoms with Gasteiger partial charge >= 0.3 is 0 Å². The van der Waals surface area contributed by atoms with Crippen molar-refractivity contribution < 1.29 is 14.9 Å². The van der Waals surface area contributed by atoms with Crippen LogP contribution in [-0.2, 0) is 6.54 Å². The van der Waals surface area contributed by atoms with Gasteiger partial charge in [-0.25, -0.2) is 0 Å². The van der Waals surface area contributed by atoms with Crippen molar-refractivity contribution >= 4 is 0 Å². The van der Waals surface area contributed by atoms with E-state index in [-0.39, 0.29) is 18.8 Å². The molecule has 0 amide bonds. The van der Waals surface area contributed by atoms with Crippen molar-refractivity contribution in [3.63, 3.8) is 0 Å². The lowest BCUT2D eigenvalue weighted by molar-refractivity contribution is -0.0588. The quantitative estimate of drug-likeness (QED) is 0.801. The van der Waals surface area contributed by atoms with Crippen LogP contribution in [-0.4, -0.2) is 46.5 Å². The summed E-state index contributed by atoms with van der Waals surface area (Å²) in [4.78, 5) is 2.19. The van der Waals surface area contributed by atoms with Gasteiger partial charge in [0.2, 0.25) is 0 Å². The summed E-state index contributed by atoms with van der Waals surface area (Å²) in [7, 11) is 0. The maximum absolute atomic E-state index is 11.0. The molecule has 0 radical (unpaired) electrons. The SMILES string of the molecule is Cc1ccccc1O[C@@H]1CCC[C@H](N(CCO)Cc2ccccc2)[C@H]1O. The number of rotatable bonds is 7. The second-order valence-corrected chi connectivity index (χ2v) is 7.09. The van der Waals surface area contributed by atoms with Gasteiger partial charge in [-0.1, -0.05) is 48.5 Å². The van der Waals surface area contributed by atoms with Crippen molar-refractivity contribution in [1.82, 2.24) is 4.90 Å². The number of aliphatic hydroxyl groups excluding tert-OH is 2. The Balaban J connectivity index is 1.71. The van der Waals surface area contributed by atoms with E-state index in [1.165, 1.54) is 5.56 Å². The van der Waals surface area contributed by atoms with Gasteiger partial charge < -0.3 is 14.9 Å². The maximum Gasteiger partial charge on any atom is 0.126 e. The zero-order valence-electron chi connectivity index (χ0n) is 15.4. The van der Waals surface area contributed by atoms with Crippen LogP contribution in [0.25, 0.3) is 0 Å². The van der Waals surface area contributed by atoms with Crippen LogP contribution in [0.2, 0.25) is 0 Å². The molecule has 3 atom stereocenters. The maximum atomic E-state index is 11.0. The molecular formula is C22H29NO3. The number of para-hydroxylation sites is 1. The topological polar surface area (TPSA) is 52.9 Å². The van der Waals surface area contributed by atoms with Gasteiger partial charge in [0.1, 0.15) is 18.0 Å². The fourth-order valence-electron chi connectivity index (χ4n) is 3.80. The monoisotopic (exact) mass is 355 g/mol. The van der Waals surface area contributed by atoms with Crippen LogP contribution < -0.4 is 4.74 Å². The van der Waals surface area contributed by atoms with E-state index in [0.29, 0.717) is 6.54 Å². The second-order valence-electron chi connectivity index (χ2n) is 7.09. The summed E-state index contributed by atoms with van der Waals surface area (Å²) in [5, 5.41) is 20.5. The van der Waals surface area contributed by atoms with Crippen LogP contribution in [0, 0.1) is 6.92 Å². The third kappa shape index (κ3) is 4.64. The first kappa shape index (κ1) is 18.9. The minimum absolute atomic E-state index is 0.00914. The van der Waals surface area contributed by atoms with Gasteiger partial charge in [0, 0.05) is 19.1 Å². The van der Waals surface area contributed by atoms with Crippen molar-refractivity contribution in [2.45, 2.75) is 51.0 Å². The molecule has 26 heavy (non-hydrogen) atoms. The van der Waals surface area contributed by atoms with Crippen molar-refractivity contribution in [2.75, 3.05) is 13.2 Å².